The lowest BCUT2D eigenvalue weighted by atomic mass is 9.99. The number of hydrogen-bond donors (Lipinski definition) is 2. The van der Waals surface area contributed by atoms with Crippen LogP contribution < -0.4 is 5.32 Å². The van der Waals surface area contributed by atoms with E-state index in [0.29, 0.717) is 23.6 Å². The molecular formula is C17H19N3O4. The molecule has 1 fully saturated rings. The summed E-state index contributed by atoms with van der Waals surface area (Å²) in [5, 5.41) is 9.81. The molecular weight excluding hydrogens is 310 g/mol. The minimum Gasteiger partial charge on any atom is -0.465 e. The number of rotatable bonds is 4. The third-order valence-corrected chi connectivity index (χ3v) is 3.99. The largest absolute Gasteiger partial charge is 0.465 e. The number of carbonyl (C=O) groups excluding carboxylic acids is 2. The highest BCUT2D eigenvalue weighted by atomic mass is 16.5. The summed E-state index contributed by atoms with van der Waals surface area (Å²) in [6, 6.07) is 8.17. The van der Waals surface area contributed by atoms with Crippen LogP contribution in [0.5, 0.6) is 0 Å². The standard InChI is InChI=1S/C17H19N3O4/c1-23-17(22)12-5-2-4-11(8-12)16(21)18-15-9-14(19-20-15)13-6-3-7-24-10-13/h2,4-5,8-9,13H,3,6-7,10H2,1H3,(H2,18,19,20,21). The number of nitrogens with one attached hydrogen (secondary N) is 2. The average molecular weight is 329 g/mol. The summed E-state index contributed by atoms with van der Waals surface area (Å²) in [6.07, 6.45) is 2.06. The van der Waals surface area contributed by atoms with E-state index in [0.717, 1.165) is 25.1 Å². The molecule has 1 aromatic heterocycles. The van der Waals surface area contributed by atoms with Gasteiger partial charge in [0.05, 0.1) is 19.3 Å². The molecule has 0 spiro atoms. The predicted octanol–water partition coefficient (Wildman–Crippen LogP) is 2.34. The van der Waals surface area contributed by atoms with Crippen molar-refractivity contribution in [3.05, 3.63) is 47.2 Å². The Balaban J connectivity index is 1.68. The normalized spacial score (nSPS) is 17.3. The summed E-state index contributed by atoms with van der Waals surface area (Å²) in [5.41, 5.74) is 1.64. The molecule has 2 N–H and O–H groups in total. The maximum Gasteiger partial charge on any atom is 0.337 e. The van der Waals surface area contributed by atoms with Crippen LogP contribution in [0, 0.1) is 0 Å². The molecule has 1 saturated heterocycles. The van der Waals surface area contributed by atoms with Crippen molar-refractivity contribution < 1.29 is 19.1 Å². The summed E-state index contributed by atoms with van der Waals surface area (Å²) < 4.78 is 10.1. The van der Waals surface area contributed by atoms with Crippen LogP contribution in [0.2, 0.25) is 0 Å². The second kappa shape index (κ2) is 7.27. The first-order valence-corrected chi connectivity index (χ1v) is 7.80. The quantitative estimate of drug-likeness (QED) is 0.840. The molecule has 0 bridgehead atoms. The van der Waals surface area contributed by atoms with Crippen LogP contribution in [0.25, 0.3) is 0 Å². The summed E-state index contributed by atoms with van der Waals surface area (Å²) in [6.45, 7) is 1.46. The highest BCUT2D eigenvalue weighted by Gasteiger charge is 2.19. The molecule has 7 nitrogen and oxygen atoms in total. The fourth-order valence-electron chi connectivity index (χ4n) is 2.69. The smallest absolute Gasteiger partial charge is 0.337 e. The Labute approximate surface area is 139 Å². The van der Waals surface area contributed by atoms with E-state index in [2.05, 4.69) is 20.3 Å². The molecule has 2 heterocycles. The fourth-order valence-corrected chi connectivity index (χ4v) is 2.69. The van der Waals surface area contributed by atoms with Crippen molar-refractivity contribution in [3.8, 4) is 0 Å². The third kappa shape index (κ3) is 3.62. The highest BCUT2D eigenvalue weighted by molar-refractivity contribution is 6.05. The lowest BCUT2D eigenvalue weighted by Gasteiger charge is -2.20. The number of aromatic amines is 1. The molecule has 1 amide bonds. The van der Waals surface area contributed by atoms with Gasteiger partial charge in [0, 0.05) is 29.8 Å². The lowest BCUT2D eigenvalue weighted by molar-refractivity contribution is 0.0600. The molecule has 0 saturated carbocycles. The number of H-pyrrole nitrogens is 1. The first-order valence-electron chi connectivity index (χ1n) is 7.80. The predicted molar refractivity (Wildman–Crippen MR) is 87.1 cm³/mol. The van der Waals surface area contributed by atoms with Crippen molar-refractivity contribution >= 4 is 17.7 Å². The van der Waals surface area contributed by atoms with Gasteiger partial charge in [0.2, 0.25) is 0 Å². The molecule has 1 unspecified atom stereocenters. The Morgan fingerprint density at radius 2 is 2.17 bits per heavy atom. The molecule has 0 aliphatic carbocycles. The van der Waals surface area contributed by atoms with E-state index < -0.39 is 5.97 Å². The monoisotopic (exact) mass is 329 g/mol. The molecule has 126 valence electrons. The molecule has 1 atom stereocenters. The van der Waals surface area contributed by atoms with Gasteiger partial charge in [-0.15, -0.1) is 0 Å². The first-order chi connectivity index (χ1) is 11.7. The van der Waals surface area contributed by atoms with Crippen molar-refractivity contribution in [2.24, 2.45) is 0 Å². The van der Waals surface area contributed by atoms with E-state index in [1.807, 2.05) is 6.07 Å². The Kier molecular flexibility index (Phi) is 4.90. The Hall–Kier alpha value is -2.67. The molecule has 1 aromatic carbocycles. The second-order valence-corrected chi connectivity index (χ2v) is 5.65. The van der Waals surface area contributed by atoms with Gasteiger partial charge in [0.15, 0.2) is 5.82 Å². The van der Waals surface area contributed by atoms with Crippen LogP contribution >= 0.6 is 0 Å². The zero-order chi connectivity index (χ0) is 16.9. The van der Waals surface area contributed by atoms with Crippen LogP contribution in [0.1, 0.15) is 45.2 Å². The average Bonchev–Trinajstić information content (AvgIpc) is 3.10. The van der Waals surface area contributed by atoms with Crippen molar-refractivity contribution in [2.75, 3.05) is 25.6 Å². The van der Waals surface area contributed by atoms with Gasteiger partial charge < -0.3 is 14.8 Å². The van der Waals surface area contributed by atoms with Crippen LogP contribution in [0.15, 0.2) is 30.3 Å². The molecule has 3 rings (SSSR count). The topological polar surface area (TPSA) is 93.3 Å². The van der Waals surface area contributed by atoms with Crippen LogP contribution in [-0.2, 0) is 9.47 Å². The SMILES string of the molecule is COC(=O)c1cccc(C(=O)Nc2cc(C3CCCOC3)[nH]n2)c1. The number of carbonyl (C=O) groups is 2. The summed E-state index contributed by atoms with van der Waals surface area (Å²) in [4.78, 5) is 23.9. The summed E-state index contributed by atoms with van der Waals surface area (Å²) >= 11 is 0. The minimum atomic E-state index is -0.482. The molecule has 24 heavy (non-hydrogen) atoms. The van der Waals surface area contributed by atoms with Crippen LogP contribution in [-0.4, -0.2) is 42.4 Å². The van der Waals surface area contributed by atoms with Gasteiger partial charge in [-0.3, -0.25) is 9.89 Å². The van der Waals surface area contributed by atoms with Gasteiger partial charge >= 0.3 is 5.97 Å². The molecule has 1 aliphatic rings. The van der Waals surface area contributed by atoms with Crippen LogP contribution in [0.3, 0.4) is 0 Å². The Morgan fingerprint density at radius 3 is 2.92 bits per heavy atom. The number of ether oxygens (including phenoxy) is 2. The van der Waals surface area contributed by atoms with Gasteiger partial charge in [-0.25, -0.2) is 4.79 Å². The number of amides is 1. The Bertz CT molecular complexity index is 735. The number of anilines is 1. The zero-order valence-corrected chi connectivity index (χ0v) is 13.4. The van der Waals surface area contributed by atoms with E-state index in [1.54, 1.807) is 18.2 Å². The molecule has 7 heteroatoms. The molecule has 0 radical (unpaired) electrons. The molecule has 2 aromatic rings. The first kappa shape index (κ1) is 16.2. The van der Waals surface area contributed by atoms with E-state index >= 15 is 0 Å². The number of hydrogen-bond acceptors (Lipinski definition) is 5. The number of methoxy groups -OCH3 is 1. The van der Waals surface area contributed by atoms with Gasteiger partial charge in [0.25, 0.3) is 5.91 Å². The van der Waals surface area contributed by atoms with Gasteiger partial charge in [-0.2, -0.15) is 5.10 Å². The van der Waals surface area contributed by atoms with E-state index in [1.165, 1.54) is 13.2 Å². The second-order valence-electron chi connectivity index (χ2n) is 5.65. The maximum absolute atomic E-state index is 12.3. The number of nitrogens with zero attached hydrogens (tertiary/aromatic N) is 1. The summed E-state index contributed by atoms with van der Waals surface area (Å²) in [5.74, 6) is -0.0914. The number of aromatic nitrogens is 2. The van der Waals surface area contributed by atoms with E-state index in [-0.39, 0.29) is 11.8 Å². The van der Waals surface area contributed by atoms with Crippen molar-refractivity contribution in [1.29, 1.82) is 0 Å². The number of esters is 1. The zero-order valence-electron chi connectivity index (χ0n) is 13.4. The summed E-state index contributed by atoms with van der Waals surface area (Å²) in [7, 11) is 1.30. The highest BCUT2D eigenvalue weighted by Crippen LogP contribution is 2.25. The molecule has 1 aliphatic heterocycles. The van der Waals surface area contributed by atoms with Crippen molar-refractivity contribution in [3.63, 3.8) is 0 Å². The van der Waals surface area contributed by atoms with Gasteiger partial charge in [-0.1, -0.05) is 6.07 Å². The van der Waals surface area contributed by atoms with Gasteiger partial charge in [-0.05, 0) is 31.0 Å². The third-order valence-electron chi connectivity index (χ3n) is 3.99. The minimum absolute atomic E-state index is 0.277. The van der Waals surface area contributed by atoms with Gasteiger partial charge in [0.1, 0.15) is 0 Å². The fraction of sp³-hybridized carbons (Fsp3) is 0.353. The maximum atomic E-state index is 12.3. The van der Waals surface area contributed by atoms with Crippen LogP contribution in [0.4, 0.5) is 5.82 Å². The van der Waals surface area contributed by atoms with E-state index in [4.69, 9.17) is 4.74 Å². The number of benzene rings is 1. The van der Waals surface area contributed by atoms with Crippen molar-refractivity contribution in [1.82, 2.24) is 10.2 Å². The lowest BCUT2D eigenvalue weighted by Crippen LogP contribution is -2.15. The van der Waals surface area contributed by atoms with Crippen molar-refractivity contribution in [2.45, 2.75) is 18.8 Å². The Morgan fingerprint density at radius 1 is 1.33 bits per heavy atom. The van der Waals surface area contributed by atoms with E-state index in [9.17, 15) is 9.59 Å².